The van der Waals surface area contributed by atoms with E-state index in [0.717, 1.165) is 16.4 Å². The zero-order chi connectivity index (χ0) is 16.8. The van der Waals surface area contributed by atoms with E-state index in [0.29, 0.717) is 24.6 Å². The lowest BCUT2D eigenvalue weighted by atomic mass is 10.1. The minimum Gasteiger partial charge on any atom is -0.354 e. The number of guanidine groups is 1. The second-order valence-corrected chi connectivity index (χ2v) is 6.22. The van der Waals surface area contributed by atoms with Crippen molar-refractivity contribution in [2.45, 2.75) is 20.0 Å². The van der Waals surface area contributed by atoms with Crippen LogP contribution in [0.25, 0.3) is 0 Å². The van der Waals surface area contributed by atoms with Crippen molar-refractivity contribution in [2.24, 2.45) is 4.99 Å². The fourth-order valence-electron chi connectivity index (χ4n) is 1.91. The van der Waals surface area contributed by atoms with E-state index < -0.39 is 0 Å². The molecular formula is C16H23FIN5S. The summed E-state index contributed by atoms with van der Waals surface area (Å²) in [4.78, 5) is 10.7. The van der Waals surface area contributed by atoms with Crippen LogP contribution >= 0.6 is 35.3 Å². The summed E-state index contributed by atoms with van der Waals surface area (Å²) >= 11 is 1.60. The van der Waals surface area contributed by atoms with Gasteiger partial charge in [-0.2, -0.15) is 0 Å². The number of rotatable bonds is 5. The van der Waals surface area contributed by atoms with Crippen molar-refractivity contribution < 1.29 is 4.39 Å². The number of hydrogen-bond donors (Lipinski definition) is 2. The molecule has 2 aromatic rings. The lowest BCUT2D eigenvalue weighted by molar-refractivity contribution is 0.615. The smallest absolute Gasteiger partial charge is 0.191 e. The highest BCUT2D eigenvalue weighted by atomic mass is 127. The molecule has 24 heavy (non-hydrogen) atoms. The van der Waals surface area contributed by atoms with Gasteiger partial charge in [-0.1, -0.05) is 12.1 Å². The number of nitrogens with one attached hydrogen (secondary N) is 2. The lowest BCUT2D eigenvalue weighted by Crippen LogP contribution is -2.36. The maximum absolute atomic E-state index is 13.5. The van der Waals surface area contributed by atoms with Crippen LogP contribution < -0.4 is 15.5 Å². The van der Waals surface area contributed by atoms with Gasteiger partial charge in [0.15, 0.2) is 11.1 Å². The minimum absolute atomic E-state index is 0. The maximum atomic E-state index is 13.5. The maximum Gasteiger partial charge on any atom is 0.191 e. The van der Waals surface area contributed by atoms with Crippen LogP contribution in [0, 0.1) is 12.7 Å². The summed E-state index contributed by atoms with van der Waals surface area (Å²) in [5.41, 5.74) is 2.49. The summed E-state index contributed by atoms with van der Waals surface area (Å²) in [6.45, 7) is 2.85. The first-order chi connectivity index (χ1) is 11.0. The van der Waals surface area contributed by atoms with Gasteiger partial charge in [0, 0.05) is 33.1 Å². The third-order valence-corrected chi connectivity index (χ3v) is 4.34. The molecule has 0 radical (unpaired) electrons. The summed E-state index contributed by atoms with van der Waals surface area (Å²) in [6, 6.07) is 5.22. The van der Waals surface area contributed by atoms with Crippen LogP contribution in [0.1, 0.15) is 16.8 Å². The van der Waals surface area contributed by atoms with Crippen LogP contribution in [-0.4, -0.2) is 32.1 Å². The fraction of sp³-hybridized carbons (Fsp3) is 0.375. The molecule has 0 saturated heterocycles. The molecule has 132 valence electrons. The van der Waals surface area contributed by atoms with Gasteiger partial charge in [0.25, 0.3) is 0 Å². The Bertz CT molecular complexity index is 687. The van der Waals surface area contributed by atoms with Crippen molar-refractivity contribution in [2.75, 3.05) is 26.0 Å². The Hall–Kier alpha value is -1.42. The van der Waals surface area contributed by atoms with Gasteiger partial charge < -0.3 is 15.5 Å². The molecule has 0 fully saturated rings. The number of aryl methyl sites for hydroxylation is 1. The Kier molecular flexibility index (Phi) is 8.40. The van der Waals surface area contributed by atoms with Gasteiger partial charge in [0.1, 0.15) is 5.82 Å². The van der Waals surface area contributed by atoms with E-state index in [1.54, 1.807) is 37.4 Å². The molecular weight excluding hydrogens is 440 g/mol. The van der Waals surface area contributed by atoms with Crippen molar-refractivity contribution in [3.63, 3.8) is 0 Å². The van der Waals surface area contributed by atoms with Crippen molar-refractivity contribution in [3.05, 3.63) is 46.2 Å². The number of anilines is 1. The molecule has 0 saturated carbocycles. The number of aromatic nitrogens is 1. The Morgan fingerprint density at radius 2 is 2.00 bits per heavy atom. The largest absolute Gasteiger partial charge is 0.354 e. The van der Waals surface area contributed by atoms with E-state index in [1.165, 1.54) is 0 Å². The van der Waals surface area contributed by atoms with Gasteiger partial charge >= 0.3 is 0 Å². The molecule has 1 aromatic heterocycles. The molecule has 2 rings (SSSR count). The van der Waals surface area contributed by atoms with Gasteiger partial charge in [-0.05, 0) is 24.1 Å². The summed E-state index contributed by atoms with van der Waals surface area (Å²) in [7, 11) is 5.64. The Balaban J connectivity index is 0.00000288. The molecule has 5 nitrogen and oxygen atoms in total. The molecule has 0 atom stereocenters. The molecule has 0 aliphatic carbocycles. The average Bonchev–Trinajstić information content (AvgIpc) is 3.00. The molecule has 0 unspecified atom stereocenters. The summed E-state index contributed by atoms with van der Waals surface area (Å²) < 4.78 is 13.5. The van der Waals surface area contributed by atoms with Gasteiger partial charge in [-0.25, -0.2) is 9.37 Å². The fourth-order valence-corrected chi connectivity index (χ4v) is 2.67. The highest BCUT2D eigenvalue weighted by molar-refractivity contribution is 14.0. The molecule has 1 heterocycles. The molecule has 0 aliphatic heterocycles. The number of aliphatic imine (C=N–C) groups is 1. The van der Waals surface area contributed by atoms with Crippen LogP contribution in [-0.2, 0) is 13.1 Å². The molecule has 0 amide bonds. The molecule has 8 heteroatoms. The van der Waals surface area contributed by atoms with E-state index in [2.05, 4.69) is 20.6 Å². The van der Waals surface area contributed by atoms with E-state index >= 15 is 0 Å². The monoisotopic (exact) mass is 463 g/mol. The number of nitrogens with zero attached hydrogens (tertiary/aromatic N) is 3. The topological polar surface area (TPSA) is 52.6 Å². The van der Waals surface area contributed by atoms with Crippen LogP contribution in [0.5, 0.6) is 0 Å². The number of benzene rings is 1. The number of thiazole rings is 1. The zero-order valence-electron chi connectivity index (χ0n) is 14.3. The van der Waals surface area contributed by atoms with Crippen LogP contribution in [0.2, 0.25) is 0 Å². The quantitative estimate of drug-likeness (QED) is 0.407. The van der Waals surface area contributed by atoms with Crippen molar-refractivity contribution in [3.8, 4) is 0 Å². The number of hydrogen-bond acceptors (Lipinski definition) is 4. The SMILES string of the molecule is CN=C(NCc1ccc(C)c(F)c1)NCc1csc(N(C)C)n1.I. The standard InChI is InChI=1S/C16H22FN5S.HI/c1-11-5-6-12(7-14(11)17)8-19-15(18-2)20-9-13-10-23-16(21-13)22(3)4;/h5-7,10H,8-9H2,1-4H3,(H2,18,19,20);1H. The highest BCUT2D eigenvalue weighted by Gasteiger charge is 2.05. The first kappa shape index (κ1) is 20.6. The Morgan fingerprint density at radius 1 is 1.29 bits per heavy atom. The van der Waals surface area contributed by atoms with Crippen molar-refractivity contribution in [1.82, 2.24) is 15.6 Å². The van der Waals surface area contributed by atoms with Gasteiger partial charge in [-0.15, -0.1) is 35.3 Å². The zero-order valence-corrected chi connectivity index (χ0v) is 17.4. The van der Waals surface area contributed by atoms with Gasteiger partial charge in [0.2, 0.25) is 0 Å². The Labute approximate surface area is 163 Å². The van der Waals surface area contributed by atoms with Gasteiger partial charge in [0.05, 0.1) is 12.2 Å². The third-order valence-electron chi connectivity index (χ3n) is 3.28. The first-order valence-electron chi connectivity index (χ1n) is 7.31. The van der Waals surface area contributed by atoms with Crippen molar-refractivity contribution in [1.29, 1.82) is 0 Å². The van der Waals surface area contributed by atoms with Crippen LogP contribution in [0.3, 0.4) is 0 Å². The molecule has 1 aromatic carbocycles. The second kappa shape index (κ2) is 9.77. The molecule has 0 spiro atoms. The highest BCUT2D eigenvalue weighted by Crippen LogP contribution is 2.17. The van der Waals surface area contributed by atoms with Crippen molar-refractivity contribution >= 4 is 46.4 Å². The predicted octanol–water partition coefficient (Wildman–Crippen LogP) is 3.14. The number of halogens is 2. The normalized spacial score (nSPS) is 11.0. The summed E-state index contributed by atoms with van der Waals surface area (Å²) in [5, 5.41) is 9.37. The van der Waals surface area contributed by atoms with E-state index in [1.807, 2.05) is 30.4 Å². The summed E-state index contributed by atoms with van der Waals surface area (Å²) in [5.74, 6) is 0.469. The average molecular weight is 463 g/mol. The molecule has 0 bridgehead atoms. The van der Waals surface area contributed by atoms with E-state index in [9.17, 15) is 4.39 Å². The first-order valence-corrected chi connectivity index (χ1v) is 8.19. The molecule has 0 aliphatic rings. The lowest BCUT2D eigenvalue weighted by Gasteiger charge is -2.11. The second-order valence-electron chi connectivity index (χ2n) is 5.38. The van der Waals surface area contributed by atoms with Gasteiger partial charge in [-0.3, -0.25) is 4.99 Å². The predicted molar refractivity (Wildman–Crippen MR) is 110 cm³/mol. The third kappa shape index (κ3) is 5.90. The minimum atomic E-state index is -0.189. The van der Waals surface area contributed by atoms with Crippen LogP contribution in [0.15, 0.2) is 28.6 Å². The van der Waals surface area contributed by atoms with E-state index in [4.69, 9.17) is 0 Å². The van der Waals surface area contributed by atoms with E-state index in [-0.39, 0.29) is 29.8 Å². The molecule has 2 N–H and O–H groups in total. The Morgan fingerprint density at radius 3 is 2.58 bits per heavy atom. The van der Waals surface area contributed by atoms with Crippen LogP contribution in [0.4, 0.5) is 9.52 Å². The summed E-state index contributed by atoms with van der Waals surface area (Å²) in [6.07, 6.45) is 0.